The number of nitrogens with one attached hydrogen (secondary N) is 1. The molecule has 2 aliphatic heterocycles. The van der Waals surface area contributed by atoms with Crippen LogP contribution in [-0.2, 0) is 11.3 Å². The number of hydrogen-bond acceptors (Lipinski definition) is 4. The molecule has 1 N–H and O–H groups in total. The summed E-state index contributed by atoms with van der Waals surface area (Å²) in [5, 5.41) is 2.81. The smallest absolute Gasteiger partial charge is 0.263 e. The number of piperidine rings is 1. The van der Waals surface area contributed by atoms with E-state index in [1.165, 1.54) is 0 Å². The highest BCUT2D eigenvalue weighted by atomic mass is 16.5. The molecule has 2 aliphatic rings. The number of likely N-dealkylation sites (tertiary alicyclic amines) is 1. The van der Waals surface area contributed by atoms with E-state index in [0.29, 0.717) is 35.9 Å². The topological polar surface area (TPSA) is 80.6 Å². The monoisotopic (exact) mass is 437 g/mol. The van der Waals surface area contributed by atoms with Crippen molar-refractivity contribution in [3.63, 3.8) is 0 Å². The summed E-state index contributed by atoms with van der Waals surface area (Å²) in [6.07, 6.45) is 5.64. The fraction of sp³-hybridized carbons (Fsp3) is 0.480. The van der Waals surface area contributed by atoms with Crippen LogP contribution in [0, 0.1) is 12.8 Å². The molecular formula is C25H31N3O4. The molecule has 7 nitrogen and oxygen atoms in total. The van der Waals surface area contributed by atoms with Crippen molar-refractivity contribution < 1.29 is 14.3 Å². The predicted molar refractivity (Wildman–Crippen MR) is 123 cm³/mol. The van der Waals surface area contributed by atoms with E-state index in [1.807, 2.05) is 4.90 Å². The minimum absolute atomic E-state index is 0.00628. The molecule has 32 heavy (non-hydrogen) atoms. The van der Waals surface area contributed by atoms with Gasteiger partial charge in [-0.05, 0) is 68.4 Å². The largest absolute Gasteiger partial charge is 0.376 e. The standard InChI is InChI=1S/C25H31N3O4/c1-17-8-11-27(12-9-17)24(30)19-5-3-6-20(15-19)26-23(29)22-18(2)10-13-28(25(22)31)16-21-7-4-14-32-21/h3,5-6,10,13,15,17,21H,4,7-9,11-12,14,16H2,1-2H3,(H,26,29). The SMILES string of the molecule is Cc1ccn(CC2CCCO2)c(=O)c1C(=O)Nc1cccc(C(=O)N2CCC(C)CC2)c1. The van der Waals surface area contributed by atoms with Crippen LogP contribution in [-0.4, -0.2) is 47.1 Å². The summed E-state index contributed by atoms with van der Waals surface area (Å²) in [5.41, 5.74) is 1.45. The lowest BCUT2D eigenvalue weighted by Gasteiger charge is -2.30. The van der Waals surface area contributed by atoms with E-state index < -0.39 is 5.91 Å². The van der Waals surface area contributed by atoms with Crippen molar-refractivity contribution in [2.24, 2.45) is 5.92 Å². The third-order valence-electron chi connectivity index (χ3n) is 6.46. The van der Waals surface area contributed by atoms with E-state index in [0.717, 1.165) is 38.8 Å². The zero-order valence-corrected chi connectivity index (χ0v) is 18.8. The first kappa shape index (κ1) is 22.3. The van der Waals surface area contributed by atoms with Gasteiger partial charge in [0.15, 0.2) is 0 Å². The Hall–Kier alpha value is -2.93. The Balaban J connectivity index is 1.50. The molecule has 0 spiro atoms. The molecule has 2 aromatic rings. The Bertz CT molecular complexity index is 1050. The number of benzene rings is 1. The third kappa shape index (κ3) is 4.93. The summed E-state index contributed by atoms with van der Waals surface area (Å²) in [4.78, 5) is 40.8. The number of hydrogen-bond donors (Lipinski definition) is 1. The molecule has 2 fully saturated rings. The number of rotatable bonds is 5. The van der Waals surface area contributed by atoms with Gasteiger partial charge in [-0.15, -0.1) is 0 Å². The molecule has 1 aromatic carbocycles. The van der Waals surface area contributed by atoms with Crippen molar-refractivity contribution >= 4 is 17.5 Å². The Kier molecular flexibility index (Phi) is 6.74. The van der Waals surface area contributed by atoms with Gasteiger partial charge < -0.3 is 19.5 Å². The van der Waals surface area contributed by atoms with E-state index in [9.17, 15) is 14.4 Å². The average molecular weight is 438 g/mol. The molecule has 3 heterocycles. The van der Waals surface area contributed by atoms with Gasteiger partial charge in [-0.3, -0.25) is 14.4 Å². The van der Waals surface area contributed by atoms with Crippen molar-refractivity contribution in [3.05, 3.63) is 63.6 Å². The highest BCUT2D eigenvalue weighted by Gasteiger charge is 2.23. The number of aryl methyl sites for hydroxylation is 1. The maximum atomic E-state index is 13.0. The maximum Gasteiger partial charge on any atom is 0.263 e. The second kappa shape index (κ2) is 9.69. The van der Waals surface area contributed by atoms with Crippen molar-refractivity contribution in [3.8, 4) is 0 Å². The van der Waals surface area contributed by atoms with E-state index >= 15 is 0 Å². The van der Waals surface area contributed by atoms with E-state index in [4.69, 9.17) is 4.74 Å². The van der Waals surface area contributed by atoms with Gasteiger partial charge in [-0.25, -0.2) is 0 Å². The number of aromatic nitrogens is 1. The van der Waals surface area contributed by atoms with Crippen LogP contribution in [0.25, 0.3) is 0 Å². The van der Waals surface area contributed by atoms with Crippen LogP contribution in [0.3, 0.4) is 0 Å². The van der Waals surface area contributed by atoms with Gasteiger partial charge in [0.25, 0.3) is 17.4 Å². The van der Waals surface area contributed by atoms with E-state index in [1.54, 1.807) is 48.0 Å². The lowest BCUT2D eigenvalue weighted by Crippen LogP contribution is -2.37. The lowest BCUT2D eigenvalue weighted by atomic mass is 9.98. The quantitative estimate of drug-likeness (QED) is 0.777. The van der Waals surface area contributed by atoms with Crippen LogP contribution in [0.1, 0.15) is 58.9 Å². The molecule has 2 amide bonds. The summed E-state index contributed by atoms with van der Waals surface area (Å²) in [6, 6.07) is 8.71. The summed E-state index contributed by atoms with van der Waals surface area (Å²) in [5.74, 6) is 0.150. The Labute approximate surface area is 188 Å². The number of nitrogens with zero attached hydrogens (tertiary/aromatic N) is 2. The minimum atomic E-state index is -0.467. The number of ether oxygens (including phenoxy) is 1. The molecule has 4 rings (SSSR count). The normalized spacial score (nSPS) is 19.2. The molecule has 170 valence electrons. The van der Waals surface area contributed by atoms with Gasteiger partial charge in [0.1, 0.15) is 5.56 Å². The summed E-state index contributed by atoms with van der Waals surface area (Å²) < 4.78 is 7.18. The first-order valence-electron chi connectivity index (χ1n) is 11.4. The van der Waals surface area contributed by atoms with Crippen LogP contribution >= 0.6 is 0 Å². The highest BCUT2D eigenvalue weighted by Crippen LogP contribution is 2.20. The number of carbonyl (C=O) groups excluding carboxylic acids is 2. The summed E-state index contributed by atoms with van der Waals surface area (Å²) >= 11 is 0. The van der Waals surface area contributed by atoms with Crippen molar-refractivity contribution in [1.82, 2.24) is 9.47 Å². The maximum absolute atomic E-state index is 13.0. The van der Waals surface area contributed by atoms with E-state index in [-0.39, 0.29) is 23.1 Å². The zero-order valence-electron chi connectivity index (χ0n) is 18.8. The molecule has 0 aliphatic carbocycles. The Morgan fingerprint density at radius 2 is 1.94 bits per heavy atom. The summed E-state index contributed by atoms with van der Waals surface area (Å²) in [6.45, 7) is 6.62. The second-order valence-corrected chi connectivity index (χ2v) is 8.98. The molecule has 1 aromatic heterocycles. The molecule has 0 radical (unpaired) electrons. The van der Waals surface area contributed by atoms with Crippen LogP contribution in [0.15, 0.2) is 41.3 Å². The number of carbonyl (C=O) groups is 2. The van der Waals surface area contributed by atoms with Gasteiger partial charge in [0.2, 0.25) is 0 Å². The Morgan fingerprint density at radius 1 is 1.16 bits per heavy atom. The summed E-state index contributed by atoms with van der Waals surface area (Å²) in [7, 11) is 0. The lowest BCUT2D eigenvalue weighted by molar-refractivity contribution is 0.0697. The van der Waals surface area contributed by atoms with Crippen molar-refractivity contribution in [2.75, 3.05) is 25.0 Å². The van der Waals surface area contributed by atoms with Gasteiger partial charge >= 0.3 is 0 Å². The van der Waals surface area contributed by atoms with Crippen molar-refractivity contribution in [2.45, 2.75) is 52.2 Å². The number of anilines is 1. The second-order valence-electron chi connectivity index (χ2n) is 8.98. The van der Waals surface area contributed by atoms with Gasteiger partial charge in [0, 0.05) is 37.1 Å². The minimum Gasteiger partial charge on any atom is -0.376 e. The molecule has 1 atom stereocenters. The molecule has 0 saturated carbocycles. The van der Waals surface area contributed by atoms with E-state index in [2.05, 4.69) is 12.2 Å². The predicted octanol–water partition coefficient (Wildman–Crippen LogP) is 3.46. The number of amides is 2. The fourth-order valence-corrected chi connectivity index (χ4v) is 4.41. The molecular weight excluding hydrogens is 406 g/mol. The first-order valence-corrected chi connectivity index (χ1v) is 11.4. The fourth-order valence-electron chi connectivity index (χ4n) is 4.41. The van der Waals surface area contributed by atoms with Crippen LogP contribution < -0.4 is 10.9 Å². The van der Waals surface area contributed by atoms with Gasteiger partial charge in [0.05, 0.1) is 12.6 Å². The van der Waals surface area contributed by atoms with Gasteiger partial charge in [-0.2, -0.15) is 0 Å². The van der Waals surface area contributed by atoms with Gasteiger partial charge in [-0.1, -0.05) is 13.0 Å². The molecule has 2 saturated heterocycles. The first-order chi connectivity index (χ1) is 15.4. The third-order valence-corrected chi connectivity index (χ3v) is 6.46. The highest BCUT2D eigenvalue weighted by molar-refractivity contribution is 6.05. The van der Waals surface area contributed by atoms with Crippen LogP contribution in [0.4, 0.5) is 5.69 Å². The Morgan fingerprint density at radius 3 is 2.66 bits per heavy atom. The number of pyridine rings is 1. The molecule has 7 heteroatoms. The van der Waals surface area contributed by atoms with Crippen LogP contribution in [0.2, 0.25) is 0 Å². The van der Waals surface area contributed by atoms with Crippen LogP contribution in [0.5, 0.6) is 0 Å². The van der Waals surface area contributed by atoms with Crippen molar-refractivity contribution in [1.29, 1.82) is 0 Å². The average Bonchev–Trinajstić information content (AvgIpc) is 3.29. The molecule has 0 bridgehead atoms. The molecule has 1 unspecified atom stereocenters. The zero-order chi connectivity index (χ0) is 22.7.